The molecule has 1 aromatic carbocycles. The molecule has 2 rings (SSSR count). The number of nitrogens with one attached hydrogen (secondary N) is 1. The molecule has 0 heterocycles. The maximum Gasteiger partial charge on any atom is 0.235 e. The Labute approximate surface area is 109 Å². The molecule has 0 radical (unpaired) electrons. The van der Waals surface area contributed by atoms with E-state index in [2.05, 4.69) is 4.72 Å². The van der Waals surface area contributed by atoms with Gasteiger partial charge >= 0.3 is 0 Å². The highest BCUT2D eigenvalue weighted by Crippen LogP contribution is 2.26. The lowest BCUT2D eigenvalue weighted by atomic mass is 10.1. The molecule has 1 aromatic rings. The van der Waals surface area contributed by atoms with Crippen LogP contribution in [0.15, 0.2) is 24.3 Å². The normalized spacial score (nSPS) is 16.9. The molecule has 1 saturated carbocycles. The lowest BCUT2D eigenvalue weighted by molar-refractivity contribution is 0.585. The van der Waals surface area contributed by atoms with Gasteiger partial charge in [0.05, 0.1) is 5.25 Å². The molecule has 5 heteroatoms. The van der Waals surface area contributed by atoms with Crippen molar-refractivity contribution in [1.29, 1.82) is 0 Å². The van der Waals surface area contributed by atoms with Crippen LogP contribution in [0.1, 0.15) is 31.2 Å². The van der Waals surface area contributed by atoms with Gasteiger partial charge in [-0.3, -0.25) is 4.72 Å². The molecule has 0 bridgehead atoms. The van der Waals surface area contributed by atoms with E-state index >= 15 is 0 Å². The lowest BCUT2D eigenvalue weighted by Crippen LogP contribution is -2.25. The van der Waals surface area contributed by atoms with E-state index in [0.717, 1.165) is 37.7 Å². The van der Waals surface area contributed by atoms with Crippen molar-refractivity contribution in [3.63, 3.8) is 0 Å². The van der Waals surface area contributed by atoms with Crippen LogP contribution in [0.2, 0.25) is 0 Å². The van der Waals surface area contributed by atoms with E-state index in [1.165, 1.54) is 0 Å². The van der Waals surface area contributed by atoms with E-state index in [0.29, 0.717) is 12.2 Å². The number of hydrogen-bond acceptors (Lipinski definition) is 3. The number of hydrogen-bond donors (Lipinski definition) is 2. The average molecular weight is 268 g/mol. The Morgan fingerprint density at radius 3 is 2.33 bits per heavy atom. The van der Waals surface area contributed by atoms with Crippen molar-refractivity contribution in [2.75, 3.05) is 11.3 Å². The molecule has 3 N–H and O–H groups in total. The summed E-state index contributed by atoms with van der Waals surface area (Å²) in [6.45, 7) is 0.604. The van der Waals surface area contributed by atoms with E-state index in [-0.39, 0.29) is 5.25 Å². The van der Waals surface area contributed by atoms with Crippen molar-refractivity contribution in [3.05, 3.63) is 29.8 Å². The summed E-state index contributed by atoms with van der Waals surface area (Å²) in [5.74, 6) is 0. The first-order valence-electron chi connectivity index (χ1n) is 6.42. The zero-order chi connectivity index (χ0) is 13.0. The Morgan fingerprint density at radius 2 is 1.78 bits per heavy atom. The third kappa shape index (κ3) is 3.23. The summed E-state index contributed by atoms with van der Waals surface area (Å²) in [7, 11) is -3.21. The van der Waals surface area contributed by atoms with Crippen molar-refractivity contribution in [2.24, 2.45) is 5.73 Å². The summed E-state index contributed by atoms with van der Waals surface area (Å²) in [6, 6.07) is 7.44. The van der Waals surface area contributed by atoms with E-state index in [9.17, 15) is 8.42 Å². The smallest absolute Gasteiger partial charge is 0.235 e. The zero-order valence-electron chi connectivity index (χ0n) is 10.4. The second-order valence-electron chi connectivity index (χ2n) is 4.79. The molecule has 18 heavy (non-hydrogen) atoms. The van der Waals surface area contributed by atoms with Gasteiger partial charge in [-0.1, -0.05) is 25.0 Å². The monoisotopic (exact) mass is 268 g/mol. The highest BCUT2D eigenvalue weighted by atomic mass is 32.2. The fourth-order valence-corrected chi connectivity index (χ4v) is 3.94. The fourth-order valence-electron chi connectivity index (χ4n) is 2.35. The largest absolute Gasteiger partial charge is 0.330 e. The second-order valence-corrected chi connectivity index (χ2v) is 6.75. The van der Waals surface area contributed by atoms with Gasteiger partial charge in [0.1, 0.15) is 0 Å². The van der Waals surface area contributed by atoms with Crippen LogP contribution in [0.5, 0.6) is 0 Å². The molecule has 0 spiro atoms. The Bertz CT molecular complexity index is 476. The molecule has 0 saturated heterocycles. The standard InChI is InChI=1S/C13H20N2O2S/c14-10-9-11-5-7-12(8-6-11)15-18(16,17)13-3-1-2-4-13/h5-8,13,15H,1-4,9-10,14H2. The van der Waals surface area contributed by atoms with E-state index in [1.54, 1.807) is 12.1 Å². The van der Waals surface area contributed by atoms with Gasteiger partial charge in [0.25, 0.3) is 0 Å². The Hall–Kier alpha value is -1.07. The average Bonchev–Trinajstić information content (AvgIpc) is 2.86. The predicted octanol–water partition coefficient (Wildman–Crippen LogP) is 1.87. The van der Waals surface area contributed by atoms with Gasteiger partial charge in [-0.05, 0) is 43.5 Å². The molecule has 0 aromatic heterocycles. The molecule has 1 aliphatic rings. The van der Waals surface area contributed by atoms with Crippen LogP contribution in [0, 0.1) is 0 Å². The number of nitrogens with two attached hydrogens (primary N) is 1. The molecule has 0 unspecified atom stereocenters. The molecule has 0 amide bonds. The molecule has 100 valence electrons. The van der Waals surface area contributed by atoms with Crippen molar-refractivity contribution in [2.45, 2.75) is 37.4 Å². The van der Waals surface area contributed by atoms with Crippen LogP contribution < -0.4 is 10.5 Å². The van der Waals surface area contributed by atoms with E-state index < -0.39 is 10.0 Å². The van der Waals surface area contributed by atoms with Gasteiger partial charge in [-0.2, -0.15) is 0 Å². The first kappa shape index (κ1) is 13.4. The van der Waals surface area contributed by atoms with Gasteiger partial charge in [0.15, 0.2) is 0 Å². The highest BCUT2D eigenvalue weighted by Gasteiger charge is 2.28. The SMILES string of the molecule is NCCc1ccc(NS(=O)(=O)C2CCCC2)cc1. The molecular weight excluding hydrogens is 248 g/mol. The van der Waals surface area contributed by atoms with E-state index in [4.69, 9.17) is 5.73 Å². The summed E-state index contributed by atoms with van der Waals surface area (Å²) in [5.41, 5.74) is 7.24. The Balaban J connectivity index is 2.04. The van der Waals surface area contributed by atoms with Gasteiger partial charge in [-0.15, -0.1) is 0 Å². The van der Waals surface area contributed by atoms with Crippen LogP contribution >= 0.6 is 0 Å². The topological polar surface area (TPSA) is 72.2 Å². The van der Waals surface area contributed by atoms with Crippen LogP contribution in [-0.4, -0.2) is 20.2 Å². The van der Waals surface area contributed by atoms with Crippen molar-refractivity contribution < 1.29 is 8.42 Å². The van der Waals surface area contributed by atoms with Crippen LogP contribution in [0.25, 0.3) is 0 Å². The molecule has 1 fully saturated rings. The summed E-state index contributed by atoms with van der Waals surface area (Å²) >= 11 is 0. The quantitative estimate of drug-likeness (QED) is 0.856. The number of sulfonamides is 1. The van der Waals surface area contributed by atoms with Gasteiger partial charge < -0.3 is 5.73 Å². The van der Waals surface area contributed by atoms with Crippen LogP contribution in [0.4, 0.5) is 5.69 Å². The minimum atomic E-state index is -3.21. The maximum atomic E-state index is 12.1. The molecule has 0 atom stereocenters. The van der Waals surface area contributed by atoms with E-state index in [1.807, 2.05) is 12.1 Å². The summed E-state index contributed by atoms with van der Waals surface area (Å²) in [6.07, 6.45) is 4.40. The van der Waals surface area contributed by atoms with Crippen molar-refractivity contribution >= 4 is 15.7 Å². The summed E-state index contributed by atoms with van der Waals surface area (Å²) in [5, 5.41) is -0.221. The number of rotatable bonds is 5. The number of benzene rings is 1. The maximum absolute atomic E-state index is 12.1. The highest BCUT2D eigenvalue weighted by molar-refractivity contribution is 7.93. The molecular formula is C13H20N2O2S. The van der Waals surface area contributed by atoms with Gasteiger partial charge in [0, 0.05) is 5.69 Å². The number of anilines is 1. The third-order valence-corrected chi connectivity index (χ3v) is 5.26. The third-order valence-electron chi connectivity index (χ3n) is 3.39. The minimum absolute atomic E-state index is 0.221. The summed E-state index contributed by atoms with van der Waals surface area (Å²) < 4.78 is 26.8. The predicted molar refractivity (Wildman–Crippen MR) is 74.0 cm³/mol. The van der Waals surface area contributed by atoms with Crippen molar-refractivity contribution in [3.8, 4) is 0 Å². The van der Waals surface area contributed by atoms with Gasteiger partial charge in [0.2, 0.25) is 10.0 Å². The Morgan fingerprint density at radius 1 is 1.17 bits per heavy atom. The molecule has 1 aliphatic carbocycles. The Kier molecular flexibility index (Phi) is 4.24. The first-order valence-corrected chi connectivity index (χ1v) is 7.97. The summed E-state index contributed by atoms with van der Waals surface area (Å²) in [4.78, 5) is 0. The minimum Gasteiger partial charge on any atom is -0.330 e. The van der Waals surface area contributed by atoms with Gasteiger partial charge in [-0.25, -0.2) is 8.42 Å². The lowest BCUT2D eigenvalue weighted by Gasteiger charge is -2.13. The van der Waals surface area contributed by atoms with Crippen LogP contribution in [-0.2, 0) is 16.4 Å². The fraction of sp³-hybridized carbons (Fsp3) is 0.538. The zero-order valence-corrected chi connectivity index (χ0v) is 11.2. The molecule has 4 nitrogen and oxygen atoms in total. The second kappa shape index (κ2) is 5.71. The first-order chi connectivity index (χ1) is 8.62. The van der Waals surface area contributed by atoms with Crippen molar-refractivity contribution in [1.82, 2.24) is 0 Å². The van der Waals surface area contributed by atoms with Crippen LogP contribution in [0.3, 0.4) is 0 Å². The molecule has 0 aliphatic heterocycles.